The SMILES string of the molecule is O=C(Nc1cccnc1N1CCCC1)NC1c2ccccc2CC1O. The van der Waals surface area contributed by atoms with Crippen LogP contribution in [-0.4, -0.2) is 35.3 Å². The molecular weight excluding hydrogens is 316 g/mol. The quantitative estimate of drug-likeness (QED) is 0.803. The van der Waals surface area contributed by atoms with Crippen molar-refractivity contribution in [2.24, 2.45) is 0 Å². The third-order valence-electron chi connectivity index (χ3n) is 4.93. The number of nitrogens with zero attached hydrogens (tertiary/aromatic N) is 2. The highest BCUT2D eigenvalue weighted by Gasteiger charge is 2.32. The zero-order valence-electron chi connectivity index (χ0n) is 14.0. The van der Waals surface area contributed by atoms with Gasteiger partial charge in [0.1, 0.15) is 0 Å². The largest absolute Gasteiger partial charge is 0.390 e. The van der Waals surface area contributed by atoms with Crippen LogP contribution in [0.4, 0.5) is 16.3 Å². The summed E-state index contributed by atoms with van der Waals surface area (Å²) in [4.78, 5) is 19.1. The molecule has 1 saturated heterocycles. The van der Waals surface area contributed by atoms with E-state index in [1.54, 1.807) is 6.20 Å². The van der Waals surface area contributed by atoms with Crippen LogP contribution in [0.25, 0.3) is 0 Å². The summed E-state index contributed by atoms with van der Waals surface area (Å²) in [6, 6.07) is 10.8. The van der Waals surface area contributed by atoms with Gasteiger partial charge in [-0.05, 0) is 36.1 Å². The van der Waals surface area contributed by atoms with Crippen molar-refractivity contribution in [1.29, 1.82) is 0 Å². The van der Waals surface area contributed by atoms with E-state index in [0.29, 0.717) is 12.1 Å². The van der Waals surface area contributed by atoms with E-state index in [1.807, 2.05) is 36.4 Å². The number of urea groups is 1. The van der Waals surface area contributed by atoms with Gasteiger partial charge in [0, 0.05) is 25.7 Å². The van der Waals surface area contributed by atoms with Crippen molar-refractivity contribution in [3.8, 4) is 0 Å². The minimum atomic E-state index is -0.602. The van der Waals surface area contributed by atoms with Crippen LogP contribution in [0, 0.1) is 0 Å². The summed E-state index contributed by atoms with van der Waals surface area (Å²) in [5.74, 6) is 0.808. The molecule has 0 bridgehead atoms. The minimum absolute atomic E-state index is 0.325. The molecule has 0 spiro atoms. The first-order valence-electron chi connectivity index (χ1n) is 8.76. The summed E-state index contributed by atoms with van der Waals surface area (Å²) in [6.45, 7) is 1.92. The smallest absolute Gasteiger partial charge is 0.319 e. The second-order valence-corrected chi connectivity index (χ2v) is 6.62. The van der Waals surface area contributed by atoms with Crippen molar-refractivity contribution in [2.75, 3.05) is 23.3 Å². The summed E-state index contributed by atoms with van der Waals surface area (Å²) in [5, 5.41) is 16.1. The molecule has 3 N–H and O–H groups in total. The number of hydrogen-bond donors (Lipinski definition) is 3. The van der Waals surface area contributed by atoms with E-state index in [4.69, 9.17) is 0 Å². The maximum atomic E-state index is 12.5. The third-order valence-corrected chi connectivity index (χ3v) is 4.93. The number of fused-ring (bicyclic) bond motifs is 1. The molecule has 2 unspecified atom stereocenters. The first-order valence-corrected chi connectivity index (χ1v) is 8.76. The number of amides is 2. The van der Waals surface area contributed by atoms with E-state index in [1.165, 1.54) is 0 Å². The van der Waals surface area contributed by atoms with Crippen LogP contribution in [-0.2, 0) is 6.42 Å². The van der Waals surface area contributed by atoms with Crippen molar-refractivity contribution in [3.05, 3.63) is 53.7 Å². The molecule has 130 valence electrons. The number of anilines is 2. The third kappa shape index (κ3) is 3.17. The zero-order chi connectivity index (χ0) is 17.2. The molecule has 1 aliphatic heterocycles. The van der Waals surface area contributed by atoms with Gasteiger partial charge in [0.15, 0.2) is 5.82 Å². The van der Waals surface area contributed by atoms with Gasteiger partial charge in [-0.2, -0.15) is 0 Å². The Hall–Kier alpha value is -2.60. The molecule has 2 amide bonds. The van der Waals surface area contributed by atoms with E-state index < -0.39 is 6.10 Å². The molecule has 0 radical (unpaired) electrons. The lowest BCUT2D eigenvalue weighted by atomic mass is 10.1. The fraction of sp³-hybridized carbons (Fsp3) is 0.368. The number of aromatic nitrogens is 1. The van der Waals surface area contributed by atoms with Gasteiger partial charge in [-0.1, -0.05) is 24.3 Å². The Labute approximate surface area is 146 Å². The second-order valence-electron chi connectivity index (χ2n) is 6.62. The van der Waals surface area contributed by atoms with Crippen LogP contribution in [0.5, 0.6) is 0 Å². The molecular formula is C19H22N4O2. The van der Waals surface area contributed by atoms with Crippen LogP contribution < -0.4 is 15.5 Å². The van der Waals surface area contributed by atoms with Gasteiger partial charge in [-0.25, -0.2) is 9.78 Å². The van der Waals surface area contributed by atoms with E-state index in [9.17, 15) is 9.90 Å². The van der Waals surface area contributed by atoms with Crippen molar-refractivity contribution in [1.82, 2.24) is 10.3 Å². The van der Waals surface area contributed by atoms with Crippen molar-refractivity contribution >= 4 is 17.5 Å². The molecule has 2 heterocycles. The molecule has 1 fully saturated rings. The van der Waals surface area contributed by atoms with Crippen LogP contribution in [0.3, 0.4) is 0 Å². The van der Waals surface area contributed by atoms with Gasteiger partial charge in [0.05, 0.1) is 17.8 Å². The minimum Gasteiger partial charge on any atom is -0.390 e. The molecule has 1 aromatic heterocycles. The fourth-order valence-electron chi connectivity index (χ4n) is 3.72. The van der Waals surface area contributed by atoms with Crippen LogP contribution in [0.1, 0.15) is 30.0 Å². The van der Waals surface area contributed by atoms with Gasteiger partial charge in [0.25, 0.3) is 0 Å². The monoisotopic (exact) mass is 338 g/mol. The Balaban J connectivity index is 1.48. The lowest BCUT2D eigenvalue weighted by molar-refractivity contribution is 0.144. The number of aliphatic hydroxyl groups excluding tert-OH is 1. The van der Waals surface area contributed by atoms with Crippen LogP contribution >= 0.6 is 0 Å². The van der Waals surface area contributed by atoms with Crippen molar-refractivity contribution < 1.29 is 9.90 Å². The molecule has 0 saturated carbocycles. The fourth-order valence-corrected chi connectivity index (χ4v) is 3.72. The normalized spacial score (nSPS) is 21.9. The summed E-state index contributed by atoms with van der Waals surface area (Å²) in [6.07, 6.45) is 4.00. The number of nitrogens with one attached hydrogen (secondary N) is 2. The number of benzene rings is 1. The van der Waals surface area contributed by atoms with E-state index >= 15 is 0 Å². The average molecular weight is 338 g/mol. The van der Waals surface area contributed by atoms with E-state index in [-0.39, 0.29) is 12.1 Å². The molecule has 1 aliphatic carbocycles. The van der Waals surface area contributed by atoms with Crippen molar-refractivity contribution in [3.63, 3.8) is 0 Å². The molecule has 2 atom stereocenters. The number of pyridine rings is 1. The highest BCUT2D eigenvalue weighted by molar-refractivity contribution is 5.92. The molecule has 6 heteroatoms. The predicted octanol–water partition coefficient (Wildman–Crippen LogP) is 2.46. The maximum absolute atomic E-state index is 12.5. The summed E-state index contributed by atoms with van der Waals surface area (Å²) in [7, 11) is 0. The Bertz CT molecular complexity index is 774. The van der Waals surface area contributed by atoms with Crippen molar-refractivity contribution in [2.45, 2.75) is 31.4 Å². The highest BCUT2D eigenvalue weighted by atomic mass is 16.3. The Morgan fingerprint density at radius 3 is 2.80 bits per heavy atom. The maximum Gasteiger partial charge on any atom is 0.319 e. The van der Waals surface area contributed by atoms with Crippen LogP contribution in [0.15, 0.2) is 42.6 Å². The summed E-state index contributed by atoms with van der Waals surface area (Å²) in [5.41, 5.74) is 2.76. The van der Waals surface area contributed by atoms with E-state index in [0.717, 1.165) is 42.9 Å². The summed E-state index contributed by atoms with van der Waals surface area (Å²) >= 11 is 0. The Kier molecular flexibility index (Phi) is 4.28. The lowest BCUT2D eigenvalue weighted by Gasteiger charge is -2.22. The average Bonchev–Trinajstić information content (AvgIpc) is 3.24. The summed E-state index contributed by atoms with van der Waals surface area (Å²) < 4.78 is 0. The molecule has 25 heavy (non-hydrogen) atoms. The molecule has 6 nitrogen and oxygen atoms in total. The number of hydrogen-bond acceptors (Lipinski definition) is 4. The molecule has 1 aromatic carbocycles. The highest BCUT2D eigenvalue weighted by Crippen LogP contribution is 2.31. The second kappa shape index (κ2) is 6.72. The first-order chi connectivity index (χ1) is 12.2. The van der Waals surface area contributed by atoms with Gasteiger partial charge < -0.3 is 20.6 Å². The first kappa shape index (κ1) is 15.9. The zero-order valence-corrected chi connectivity index (χ0v) is 14.0. The number of carbonyl (C=O) groups is 1. The van der Waals surface area contributed by atoms with Gasteiger partial charge in [-0.15, -0.1) is 0 Å². The topological polar surface area (TPSA) is 77.5 Å². The molecule has 2 aliphatic rings. The van der Waals surface area contributed by atoms with Gasteiger partial charge >= 0.3 is 6.03 Å². The Morgan fingerprint density at radius 1 is 1.16 bits per heavy atom. The standard InChI is InChI=1S/C19H22N4O2/c24-16-12-13-6-1-2-7-14(13)17(16)22-19(25)21-15-8-5-9-20-18(15)23-10-3-4-11-23/h1-2,5-9,16-17,24H,3-4,10-12H2,(H2,21,22,25). The van der Waals surface area contributed by atoms with E-state index in [2.05, 4.69) is 20.5 Å². The molecule has 2 aromatic rings. The van der Waals surface area contributed by atoms with Crippen LogP contribution in [0.2, 0.25) is 0 Å². The van der Waals surface area contributed by atoms with Gasteiger partial charge in [0.2, 0.25) is 0 Å². The molecule has 4 rings (SSSR count). The lowest BCUT2D eigenvalue weighted by Crippen LogP contribution is -2.37. The number of carbonyl (C=O) groups excluding carboxylic acids is 1. The number of rotatable bonds is 3. The van der Waals surface area contributed by atoms with Gasteiger partial charge in [-0.3, -0.25) is 0 Å². The number of aliphatic hydroxyl groups is 1. The predicted molar refractivity (Wildman–Crippen MR) is 96.7 cm³/mol. The Morgan fingerprint density at radius 2 is 1.96 bits per heavy atom.